The number of aryl methyl sites for hydroxylation is 1. The van der Waals surface area contributed by atoms with Crippen molar-refractivity contribution in [2.75, 3.05) is 11.9 Å². The van der Waals surface area contributed by atoms with E-state index >= 15 is 0 Å². The summed E-state index contributed by atoms with van der Waals surface area (Å²) in [6.45, 7) is 2.78. The molecule has 1 fully saturated rings. The number of hydrogen-bond donors (Lipinski definition) is 2. The van der Waals surface area contributed by atoms with Crippen LogP contribution in [0.3, 0.4) is 0 Å². The third-order valence-corrected chi connectivity index (χ3v) is 4.91. The predicted octanol–water partition coefficient (Wildman–Crippen LogP) is 2.84. The summed E-state index contributed by atoms with van der Waals surface area (Å²) in [5, 5.41) is 6.58. The van der Waals surface area contributed by atoms with E-state index in [1.165, 1.54) is 25.7 Å². The first-order valence-corrected chi connectivity index (χ1v) is 8.34. The van der Waals surface area contributed by atoms with Crippen LogP contribution in [0.15, 0.2) is 17.8 Å². The first-order chi connectivity index (χ1) is 10.3. The largest absolute Gasteiger partial charge is 0.359 e. The van der Waals surface area contributed by atoms with Gasteiger partial charge in [-0.15, -0.1) is 11.3 Å². The van der Waals surface area contributed by atoms with Gasteiger partial charge in [-0.3, -0.25) is 9.97 Å². The molecule has 0 aromatic carbocycles. The van der Waals surface area contributed by atoms with E-state index < -0.39 is 0 Å². The molecule has 5 nitrogen and oxygen atoms in total. The number of nitrogens with one attached hydrogen (secondary N) is 1. The molecule has 1 aliphatic rings. The smallest absolute Gasteiger partial charge is 0.183 e. The fraction of sp³-hybridized carbons (Fsp3) is 0.533. The summed E-state index contributed by atoms with van der Waals surface area (Å²) in [4.78, 5) is 13.3. The normalized spacial score (nSPS) is 22.2. The number of nitrogens with zero attached hydrogens (tertiary/aromatic N) is 3. The molecule has 0 spiro atoms. The van der Waals surface area contributed by atoms with Gasteiger partial charge in [0.2, 0.25) is 0 Å². The second kappa shape index (κ2) is 6.49. The van der Waals surface area contributed by atoms with E-state index in [9.17, 15) is 0 Å². The number of rotatable bonds is 4. The van der Waals surface area contributed by atoms with Crippen LogP contribution in [0.4, 0.5) is 5.13 Å². The van der Waals surface area contributed by atoms with Crippen molar-refractivity contribution >= 4 is 16.5 Å². The molecule has 112 valence electrons. The summed E-state index contributed by atoms with van der Waals surface area (Å²) >= 11 is 1.64. The Bertz CT molecular complexity index is 589. The maximum absolute atomic E-state index is 5.74. The van der Waals surface area contributed by atoms with Crippen molar-refractivity contribution in [2.45, 2.75) is 38.6 Å². The topological polar surface area (TPSA) is 76.7 Å². The molecule has 6 heteroatoms. The quantitative estimate of drug-likeness (QED) is 0.908. The lowest BCUT2D eigenvalue weighted by molar-refractivity contribution is 0.345. The lowest BCUT2D eigenvalue weighted by Crippen LogP contribution is -2.29. The zero-order valence-electron chi connectivity index (χ0n) is 12.2. The molecule has 3 N–H and O–H groups in total. The Labute approximate surface area is 129 Å². The highest BCUT2D eigenvalue weighted by molar-refractivity contribution is 7.14. The predicted molar refractivity (Wildman–Crippen MR) is 86.3 cm³/mol. The number of anilines is 1. The minimum absolute atomic E-state index is 0.523. The standard InChI is InChI=1S/C15H21N5S/c1-10-14(18-7-6-17-10)13-9-21-15(20-13)19-12-4-2-11(8-16)3-5-12/h6-7,9,11-12H,2-5,8,16H2,1H3,(H,19,20)/t11-,12-. The zero-order valence-corrected chi connectivity index (χ0v) is 13.1. The molecule has 21 heavy (non-hydrogen) atoms. The van der Waals surface area contributed by atoms with Crippen LogP contribution >= 0.6 is 11.3 Å². The van der Waals surface area contributed by atoms with Gasteiger partial charge in [0, 0.05) is 23.8 Å². The number of thiazole rings is 1. The SMILES string of the molecule is Cc1nccnc1-c1csc(N[C@H]2CC[C@H](CN)CC2)n1. The van der Waals surface area contributed by atoms with E-state index in [2.05, 4.69) is 20.3 Å². The molecule has 0 radical (unpaired) electrons. The Hall–Kier alpha value is -1.53. The fourth-order valence-electron chi connectivity index (χ4n) is 2.82. The fourth-order valence-corrected chi connectivity index (χ4v) is 3.60. The molecule has 3 rings (SSSR count). The van der Waals surface area contributed by atoms with Crippen LogP contribution in [0.25, 0.3) is 11.4 Å². The average molecular weight is 303 g/mol. The van der Waals surface area contributed by atoms with Crippen molar-refractivity contribution in [1.29, 1.82) is 0 Å². The maximum atomic E-state index is 5.74. The monoisotopic (exact) mass is 303 g/mol. The van der Waals surface area contributed by atoms with Crippen molar-refractivity contribution in [3.63, 3.8) is 0 Å². The van der Waals surface area contributed by atoms with Gasteiger partial charge in [0.25, 0.3) is 0 Å². The van der Waals surface area contributed by atoms with Crippen molar-refractivity contribution in [2.24, 2.45) is 11.7 Å². The van der Waals surface area contributed by atoms with E-state index in [4.69, 9.17) is 5.73 Å². The van der Waals surface area contributed by atoms with Gasteiger partial charge in [-0.05, 0) is 45.1 Å². The van der Waals surface area contributed by atoms with Crippen LogP contribution < -0.4 is 11.1 Å². The van der Waals surface area contributed by atoms with Gasteiger partial charge < -0.3 is 11.1 Å². The highest BCUT2D eigenvalue weighted by Crippen LogP contribution is 2.29. The Morgan fingerprint density at radius 2 is 2.00 bits per heavy atom. The molecule has 1 saturated carbocycles. The van der Waals surface area contributed by atoms with E-state index in [1.807, 2.05) is 12.3 Å². The molecule has 2 aromatic heterocycles. The van der Waals surface area contributed by atoms with Gasteiger partial charge in [-0.25, -0.2) is 4.98 Å². The number of aromatic nitrogens is 3. The van der Waals surface area contributed by atoms with E-state index in [1.54, 1.807) is 23.7 Å². The highest BCUT2D eigenvalue weighted by atomic mass is 32.1. The molecule has 2 aromatic rings. The lowest BCUT2D eigenvalue weighted by atomic mass is 9.86. The number of hydrogen-bond acceptors (Lipinski definition) is 6. The van der Waals surface area contributed by atoms with Gasteiger partial charge in [0.15, 0.2) is 5.13 Å². The molecule has 0 atom stereocenters. The van der Waals surface area contributed by atoms with E-state index in [0.29, 0.717) is 12.0 Å². The second-order valence-corrected chi connectivity index (χ2v) is 6.48. The minimum atomic E-state index is 0.523. The van der Waals surface area contributed by atoms with Crippen LogP contribution in [0.5, 0.6) is 0 Å². The summed E-state index contributed by atoms with van der Waals surface area (Å²) in [5.41, 5.74) is 8.43. The Balaban J connectivity index is 1.65. The maximum Gasteiger partial charge on any atom is 0.183 e. The van der Waals surface area contributed by atoms with Gasteiger partial charge in [0.1, 0.15) is 11.4 Å². The molecule has 0 unspecified atom stereocenters. The van der Waals surface area contributed by atoms with E-state index in [0.717, 1.165) is 28.8 Å². The molecule has 0 bridgehead atoms. The third kappa shape index (κ3) is 3.39. The minimum Gasteiger partial charge on any atom is -0.359 e. The van der Waals surface area contributed by atoms with Crippen LogP contribution in [-0.4, -0.2) is 27.5 Å². The molecular weight excluding hydrogens is 282 g/mol. The van der Waals surface area contributed by atoms with Crippen LogP contribution in [0.2, 0.25) is 0 Å². The molecular formula is C15H21N5S. The Morgan fingerprint density at radius 1 is 1.24 bits per heavy atom. The lowest BCUT2D eigenvalue weighted by Gasteiger charge is -2.28. The highest BCUT2D eigenvalue weighted by Gasteiger charge is 2.21. The molecule has 1 aliphatic carbocycles. The summed E-state index contributed by atoms with van der Waals surface area (Å²) in [6, 6.07) is 0.523. The first kappa shape index (κ1) is 14.4. The van der Waals surface area contributed by atoms with Gasteiger partial charge >= 0.3 is 0 Å². The third-order valence-electron chi connectivity index (χ3n) is 4.14. The van der Waals surface area contributed by atoms with Crippen LogP contribution in [0.1, 0.15) is 31.4 Å². The van der Waals surface area contributed by atoms with Crippen molar-refractivity contribution in [3.05, 3.63) is 23.5 Å². The summed E-state index contributed by atoms with van der Waals surface area (Å²) in [5.74, 6) is 0.706. The van der Waals surface area contributed by atoms with Gasteiger partial charge in [-0.2, -0.15) is 0 Å². The molecule has 0 saturated heterocycles. The van der Waals surface area contributed by atoms with E-state index in [-0.39, 0.29) is 0 Å². The Kier molecular flexibility index (Phi) is 4.45. The first-order valence-electron chi connectivity index (χ1n) is 7.46. The van der Waals surface area contributed by atoms with Crippen molar-refractivity contribution < 1.29 is 0 Å². The van der Waals surface area contributed by atoms with Gasteiger partial charge in [-0.1, -0.05) is 0 Å². The second-order valence-electron chi connectivity index (χ2n) is 5.63. The zero-order chi connectivity index (χ0) is 14.7. The molecule has 0 aliphatic heterocycles. The Morgan fingerprint density at radius 3 is 2.71 bits per heavy atom. The van der Waals surface area contributed by atoms with Crippen molar-refractivity contribution in [1.82, 2.24) is 15.0 Å². The van der Waals surface area contributed by atoms with Crippen molar-refractivity contribution in [3.8, 4) is 11.4 Å². The van der Waals surface area contributed by atoms with Crippen LogP contribution in [-0.2, 0) is 0 Å². The number of nitrogens with two attached hydrogens (primary N) is 1. The van der Waals surface area contributed by atoms with Gasteiger partial charge in [0.05, 0.1) is 5.69 Å². The summed E-state index contributed by atoms with van der Waals surface area (Å²) in [6.07, 6.45) is 8.22. The average Bonchev–Trinajstić information content (AvgIpc) is 2.97. The summed E-state index contributed by atoms with van der Waals surface area (Å²) < 4.78 is 0. The molecule has 2 heterocycles. The molecule has 0 amide bonds. The summed E-state index contributed by atoms with van der Waals surface area (Å²) in [7, 11) is 0. The van der Waals surface area contributed by atoms with Crippen LogP contribution in [0, 0.1) is 12.8 Å².